The highest BCUT2D eigenvalue weighted by atomic mass is 16.5. The van der Waals surface area contributed by atoms with E-state index in [0.29, 0.717) is 92.0 Å². The van der Waals surface area contributed by atoms with Gasteiger partial charge in [-0.1, -0.05) is 97.1 Å². The van der Waals surface area contributed by atoms with Gasteiger partial charge in [0.1, 0.15) is 0 Å². The highest BCUT2D eigenvalue weighted by Crippen LogP contribution is 2.76. The average molecular weight is 1530 g/mol. The third-order valence-corrected chi connectivity index (χ3v) is 24.0. The maximum Gasteiger partial charge on any atom is 0.161 e. The molecule has 0 aliphatic heterocycles. The summed E-state index contributed by atoms with van der Waals surface area (Å²) < 4.78 is 96.7. The molecule has 0 saturated heterocycles. The lowest BCUT2D eigenvalue weighted by Crippen LogP contribution is -2.67. The van der Waals surface area contributed by atoms with Gasteiger partial charge in [0.25, 0.3) is 0 Å². The van der Waals surface area contributed by atoms with Crippen molar-refractivity contribution in [1.29, 1.82) is 0 Å². The predicted octanol–water partition coefficient (Wildman–Crippen LogP) is 21.6. The van der Waals surface area contributed by atoms with Crippen LogP contribution in [-0.4, -0.2) is 114 Å². The van der Waals surface area contributed by atoms with Crippen LogP contribution in [0.25, 0.3) is 89.0 Å². The Morgan fingerprint density at radius 3 is 0.351 bits per heavy atom. The van der Waals surface area contributed by atoms with Crippen molar-refractivity contribution in [2.45, 2.75) is 60.2 Å². The second kappa shape index (κ2) is 31.5. The Kier molecular flexibility index (Phi) is 21.2. The minimum absolute atomic E-state index is 0.610. The van der Waals surface area contributed by atoms with Crippen LogP contribution in [0.15, 0.2) is 218 Å². The van der Waals surface area contributed by atoms with Crippen LogP contribution >= 0.6 is 0 Å². The lowest BCUT2D eigenvalue weighted by atomic mass is 9.32. The molecule has 4 saturated carbocycles. The van der Waals surface area contributed by atoms with Gasteiger partial charge in [0.15, 0.2) is 92.0 Å². The molecule has 16 nitrogen and oxygen atoms in total. The van der Waals surface area contributed by atoms with Gasteiger partial charge in [-0.15, -0.1) is 0 Å². The summed E-state index contributed by atoms with van der Waals surface area (Å²) in [6.07, 6.45) is 4.42. The fraction of sp³-hybridized carbons (Fsp3) is 0.265. The molecule has 0 heterocycles. The normalized spacial score (nSPS) is 17.8. The van der Waals surface area contributed by atoms with Gasteiger partial charge in [0.05, 0.1) is 114 Å². The molecule has 114 heavy (non-hydrogen) atoms. The number of hydrogen-bond acceptors (Lipinski definition) is 16. The van der Waals surface area contributed by atoms with E-state index in [1.807, 2.05) is 48.5 Å². The van der Waals surface area contributed by atoms with Crippen LogP contribution in [0.4, 0.5) is 0 Å². The highest BCUT2D eigenvalue weighted by Gasteiger charge is 2.70. The summed E-state index contributed by atoms with van der Waals surface area (Å²) in [5.74, 6) is 9.86. The molecule has 0 unspecified atom stereocenters. The summed E-state index contributed by atoms with van der Waals surface area (Å²) in [4.78, 5) is 0. The second-order valence-corrected chi connectivity index (χ2v) is 29.9. The zero-order chi connectivity index (χ0) is 79.8. The van der Waals surface area contributed by atoms with E-state index < -0.39 is 21.7 Å². The summed E-state index contributed by atoms with van der Waals surface area (Å²) >= 11 is 0. The van der Waals surface area contributed by atoms with E-state index in [2.05, 4.69) is 170 Å². The van der Waals surface area contributed by atoms with Crippen LogP contribution in [0, 0.1) is 0 Å². The number of methoxy groups -OCH3 is 16. The smallest absolute Gasteiger partial charge is 0.161 e. The van der Waals surface area contributed by atoms with Gasteiger partial charge < -0.3 is 75.8 Å². The van der Waals surface area contributed by atoms with E-state index >= 15 is 0 Å². The topological polar surface area (TPSA) is 148 Å². The van der Waals surface area contributed by atoms with E-state index in [1.54, 1.807) is 114 Å². The maximum absolute atomic E-state index is 6.15. The minimum Gasteiger partial charge on any atom is -0.493 e. The Bertz CT molecular complexity index is 4610. The first-order valence-electron chi connectivity index (χ1n) is 37.9. The van der Waals surface area contributed by atoms with E-state index in [0.717, 1.165) is 128 Å². The molecule has 12 aromatic carbocycles. The summed E-state index contributed by atoms with van der Waals surface area (Å²) in [7, 11) is 26.8. The van der Waals surface area contributed by atoms with Crippen LogP contribution in [0.2, 0.25) is 0 Å². The molecule has 0 aromatic heterocycles. The molecule has 0 amide bonds. The fourth-order valence-electron chi connectivity index (χ4n) is 19.1. The van der Waals surface area contributed by atoms with E-state index in [-0.39, 0.29) is 0 Å². The first kappa shape index (κ1) is 76.8. The molecule has 4 bridgehead atoms. The Morgan fingerprint density at radius 2 is 0.246 bits per heavy atom. The third-order valence-electron chi connectivity index (χ3n) is 24.0. The molecule has 16 rings (SSSR count). The molecule has 0 atom stereocenters. The van der Waals surface area contributed by atoms with Crippen molar-refractivity contribution in [1.82, 2.24) is 0 Å². The van der Waals surface area contributed by atoms with Gasteiger partial charge in [0.2, 0.25) is 0 Å². The Labute approximate surface area is 667 Å². The molecular formula is C98H96O16. The minimum atomic E-state index is -0.666. The summed E-state index contributed by atoms with van der Waals surface area (Å²) in [5.41, 5.74) is 17.6. The van der Waals surface area contributed by atoms with Crippen LogP contribution in [0.1, 0.15) is 60.8 Å². The Balaban J connectivity index is 1.12. The molecule has 0 N–H and O–H groups in total. The molecular weight excluding hydrogens is 1430 g/mol. The first-order valence-corrected chi connectivity index (χ1v) is 37.9. The molecule has 584 valence electrons. The van der Waals surface area contributed by atoms with E-state index in [9.17, 15) is 0 Å². The lowest BCUT2D eigenvalue weighted by molar-refractivity contribution is -0.0690. The zero-order valence-corrected chi connectivity index (χ0v) is 67.6. The largest absolute Gasteiger partial charge is 0.493 e. The molecule has 16 heteroatoms. The molecule has 0 radical (unpaired) electrons. The molecule has 4 aliphatic carbocycles. The number of rotatable bonds is 28. The fourth-order valence-corrected chi connectivity index (χ4v) is 19.1. The second-order valence-electron chi connectivity index (χ2n) is 29.9. The zero-order valence-electron chi connectivity index (χ0n) is 67.6. The quantitative estimate of drug-likeness (QED) is 0.0457. The average Bonchev–Trinajstić information content (AvgIpc) is 0.661. The van der Waals surface area contributed by atoms with Crippen molar-refractivity contribution in [2.24, 2.45) is 0 Å². The van der Waals surface area contributed by atoms with Crippen molar-refractivity contribution in [3.8, 4) is 181 Å². The van der Waals surface area contributed by atoms with Crippen molar-refractivity contribution in [3.05, 3.63) is 241 Å². The SMILES string of the molecule is COc1ccc(-c2cc(-c3ccc(OC)c(OC)c3)cc(C34CC5(c6cc(-c7ccc(OC)c(OC)c7)cc(-c7ccc(OC)c(OC)c7)c6)CC(c6cc(-c7ccc(OC)c(OC)c7)cc(-c7ccc(OC)c(OC)c7)c6)(C3)CC(c3cc(-c6ccc(OC)c(OC)c6)cc(-c6ccc(OC)c(OC)c6)c3)(C4)C5)c2)cc1OC. The van der Waals surface area contributed by atoms with Crippen molar-refractivity contribution in [2.75, 3.05) is 114 Å². The van der Waals surface area contributed by atoms with Gasteiger partial charge in [-0.2, -0.15) is 0 Å². The van der Waals surface area contributed by atoms with Crippen LogP contribution in [0.3, 0.4) is 0 Å². The van der Waals surface area contributed by atoms with Crippen LogP contribution in [-0.2, 0) is 21.7 Å². The van der Waals surface area contributed by atoms with E-state index in [1.165, 1.54) is 22.3 Å². The summed E-state index contributed by atoms with van der Waals surface area (Å²) in [6.45, 7) is 0. The van der Waals surface area contributed by atoms with Crippen LogP contribution < -0.4 is 75.8 Å². The van der Waals surface area contributed by atoms with Crippen molar-refractivity contribution >= 4 is 0 Å². The highest BCUT2D eigenvalue weighted by molar-refractivity contribution is 5.84. The lowest BCUT2D eigenvalue weighted by Gasteiger charge is -2.71. The monoisotopic (exact) mass is 1530 g/mol. The van der Waals surface area contributed by atoms with Gasteiger partial charge >= 0.3 is 0 Å². The van der Waals surface area contributed by atoms with Crippen LogP contribution in [0.5, 0.6) is 92.0 Å². The molecule has 4 fully saturated rings. The predicted molar refractivity (Wildman–Crippen MR) is 449 cm³/mol. The molecule has 4 aliphatic rings. The standard InChI is InChI=1S/C98H96O16/c1-99-79-25-17-59(45-87(79)107-9)67-33-68(60-18-26-80(100-2)88(46-60)108-10)38-75(37-67)95-53-96(76-39-69(61-19-27-81(101-3)89(47-61)109-11)34-70(40-76)62-20-28-82(102-4)90(48-62)110-12)56-97(54-95,77-41-71(63-21-29-83(103-5)91(49-63)111-13)35-72(42-77)64-22-30-84(104-6)92(50-64)112-14)58-98(55-95,57-96)78-43-73(65-23-31-85(105-7)93(51-65)113-15)36-74(44-78)66-24-32-86(106-8)94(52-66)114-16/h17-52H,53-58H2,1-16H3. The van der Waals surface area contributed by atoms with Crippen molar-refractivity contribution in [3.63, 3.8) is 0 Å². The van der Waals surface area contributed by atoms with Gasteiger partial charge in [-0.05, 0) is 293 Å². The van der Waals surface area contributed by atoms with Gasteiger partial charge in [-0.3, -0.25) is 0 Å². The third kappa shape index (κ3) is 13.9. The molecule has 0 spiro atoms. The van der Waals surface area contributed by atoms with Gasteiger partial charge in [-0.25, -0.2) is 0 Å². The molecule has 12 aromatic rings. The summed E-state index contributed by atoms with van der Waals surface area (Å²) in [5, 5.41) is 0. The number of benzene rings is 12. The van der Waals surface area contributed by atoms with Gasteiger partial charge in [0, 0.05) is 0 Å². The number of hydrogen-bond donors (Lipinski definition) is 0. The number of ether oxygens (including phenoxy) is 16. The Morgan fingerprint density at radius 1 is 0.132 bits per heavy atom. The maximum atomic E-state index is 6.15. The summed E-state index contributed by atoms with van der Waals surface area (Å²) in [6, 6.07) is 78.5. The Hall–Kier alpha value is -12.6. The van der Waals surface area contributed by atoms with E-state index in [4.69, 9.17) is 75.8 Å². The van der Waals surface area contributed by atoms with Crippen molar-refractivity contribution < 1.29 is 75.8 Å². The first-order chi connectivity index (χ1) is 55.4.